The van der Waals surface area contributed by atoms with Gasteiger partial charge in [-0.1, -0.05) is 275 Å². The zero-order chi connectivity index (χ0) is 53.1. The lowest BCUT2D eigenvalue weighted by atomic mass is 9.99. The van der Waals surface area contributed by atoms with Crippen molar-refractivity contribution in [2.75, 3.05) is 13.2 Å². The summed E-state index contributed by atoms with van der Waals surface area (Å²) in [5.41, 5.74) is 0. The van der Waals surface area contributed by atoms with E-state index in [1.54, 1.807) is 6.08 Å². The number of ether oxygens (including phenoxy) is 2. The fraction of sp³-hybridized carbons (Fsp3) is 0.889. The lowest BCUT2D eigenvalue weighted by Crippen LogP contribution is -2.60. The van der Waals surface area contributed by atoms with E-state index in [0.29, 0.717) is 19.3 Å². The van der Waals surface area contributed by atoms with Gasteiger partial charge in [0.25, 0.3) is 0 Å². The Morgan fingerprint density at radius 1 is 0.466 bits per heavy atom. The van der Waals surface area contributed by atoms with Crippen LogP contribution in [-0.4, -0.2) is 98.7 Å². The molecular weight excluding hydrogens is 915 g/mol. The maximum Gasteiger partial charge on any atom is 0.249 e. The number of allylic oxidation sites excluding steroid dienone is 5. The van der Waals surface area contributed by atoms with Crippen LogP contribution in [0.15, 0.2) is 36.5 Å². The molecule has 1 saturated heterocycles. The number of hydrogen-bond donors (Lipinski definition) is 7. The SMILES string of the molecule is CCCCCCCCCCCCC/C=C/CC/C=C/C(O)C(COC1OC(CO)C(O)C(O)C1O)NC(=O)C(O)CCCCCCCCCCCCCCCCC/C=C\CCCCCCCCCCCCCC. The molecule has 0 aromatic heterocycles. The van der Waals surface area contributed by atoms with Crippen LogP contribution < -0.4 is 5.32 Å². The lowest BCUT2D eigenvalue weighted by Gasteiger charge is -2.40. The van der Waals surface area contributed by atoms with Gasteiger partial charge < -0.3 is 45.4 Å². The third kappa shape index (κ3) is 41.2. The van der Waals surface area contributed by atoms with Crippen LogP contribution in [0.5, 0.6) is 0 Å². The van der Waals surface area contributed by atoms with Crippen LogP contribution >= 0.6 is 0 Å². The Labute approximate surface area is 449 Å². The number of aliphatic hydroxyl groups is 6. The minimum absolute atomic E-state index is 0.306. The largest absolute Gasteiger partial charge is 0.394 e. The molecule has 1 rings (SSSR count). The Morgan fingerprint density at radius 2 is 0.808 bits per heavy atom. The topological polar surface area (TPSA) is 169 Å². The molecular formula is C63H119NO9. The molecule has 10 nitrogen and oxygen atoms in total. The summed E-state index contributed by atoms with van der Waals surface area (Å²) in [6, 6.07) is -0.997. The van der Waals surface area contributed by atoms with Gasteiger partial charge in [0.2, 0.25) is 5.91 Å². The quantitative estimate of drug-likeness (QED) is 0.0232. The van der Waals surface area contributed by atoms with Gasteiger partial charge in [-0.2, -0.15) is 0 Å². The maximum absolute atomic E-state index is 13.1. The van der Waals surface area contributed by atoms with Crippen LogP contribution in [0.2, 0.25) is 0 Å². The highest BCUT2D eigenvalue weighted by molar-refractivity contribution is 5.80. The summed E-state index contributed by atoms with van der Waals surface area (Å²) >= 11 is 0. The molecule has 1 heterocycles. The van der Waals surface area contributed by atoms with Gasteiger partial charge in [-0.3, -0.25) is 4.79 Å². The summed E-state index contributed by atoms with van der Waals surface area (Å²) in [4.78, 5) is 13.1. The summed E-state index contributed by atoms with van der Waals surface area (Å²) in [5.74, 6) is -0.622. The zero-order valence-corrected chi connectivity index (χ0v) is 47.5. The van der Waals surface area contributed by atoms with Crippen molar-refractivity contribution >= 4 is 5.91 Å². The first-order valence-corrected chi connectivity index (χ1v) is 31.3. The molecule has 7 N–H and O–H groups in total. The number of aliphatic hydroxyl groups excluding tert-OH is 6. The monoisotopic (exact) mass is 1030 g/mol. The zero-order valence-electron chi connectivity index (χ0n) is 47.5. The van der Waals surface area contributed by atoms with E-state index in [0.717, 1.165) is 32.1 Å². The van der Waals surface area contributed by atoms with Gasteiger partial charge in [0.05, 0.1) is 25.4 Å². The van der Waals surface area contributed by atoms with Gasteiger partial charge in [-0.15, -0.1) is 0 Å². The lowest BCUT2D eigenvalue weighted by molar-refractivity contribution is -0.302. The van der Waals surface area contributed by atoms with Crippen molar-refractivity contribution in [1.29, 1.82) is 0 Å². The van der Waals surface area contributed by atoms with E-state index in [-0.39, 0.29) is 6.61 Å². The van der Waals surface area contributed by atoms with E-state index in [4.69, 9.17) is 9.47 Å². The van der Waals surface area contributed by atoms with Gasteiger partial charge in [0.15, 0.2) is 6.29 Å². The van der Waals surface area contributed by atoms with Crippen LogP contribution in [0.4, 0.5) is 0 Å². The van der Waals surface area contributed by atoms with E-state index < -0.39 is 61.5 Å². The number of unbranched alkanes of at least 4 members (excludes halogenated alkanes) is 39. The molecule has 10 heteroatoms. The molecule has 430 valence electrons. The highest BCUT2D eigenvalue weighted by Crippen LogP contribution is 2.23. The summed E-state index contributed by atoms with van der Waals surface area (Å²) in [7, 11) is 0. The van der Waals surface area contributed by atoms with Crippen LogP contribution in [0, 0.1) is 0 Å². The first-order chi connectivity index (χ1) is 35.8. The van der Waals surface area contributed by atoms with Gasteiger partial charge in [0, 0.05) is 0 Å². The summed E-state index contributed by atoms with van der Waals surface area (Å²) in [6.07, 6.45) is 58.4. The Kier molecular flexibility index (Phi) is 49.8. The minimum Gasteiger partial charge on any atom is -0.394 e. The second-order valence-electron chi connectivity index (χ2n) is 22.0. The van der Waals surface area contributed by atoms with Gasteiger partial charge in [-0.05, 0) is 57.8 Å². The van der Waals surface area contributed by atoms with Gasteiger partial charge >= 0.3 is 0 Å². The van der Waals surface area contributed by atoms with Crippen molar-refractivity contribution in [2.24, 2.45) is 0 Å². The maximum atomic E-state index is 13.1. The number of amides is 1. The van der Waals surface area contributed by atoms with Crippen LogP contribution in [0.3, 0.4) is 0 Å². The normalized spacial score (nSPS) is 19.7. The van der Waals surface area contributed by atoms with E-state index in [1.165, 1.54) is 231 Å². The molecule has 1 amide bonds. The molecule has 8 atom stereocenters. The van der Waals surface area contributed by atoms with Crippen molar-refractivity contribution in [3.05, 3.63) is 36.5 Å². The number of hydrogen-bond acceptors (Lipinski definition) is 9. The van der Waals surface area contributed by atoms with Crippen molar-refractivity contribution in [1.82, 2.24) is 5.32 Å². The number of nitrogens with one attached hydrogen (secondary N) is 1. The molecule has 73 heavy (non-hydrogen) atoms. The predicted octanol–water partition coefficient (Wildman–Crippen LogP) is 14.9. The Bertz CT molecular complexity index is 1260. The van der Waals surface area contributed by atoms with Crippen molar-refractivity contribution in [2.45, 2.75) is 345 Å². The Balaban J connectivity index is 2.19. The Morgan fingerprint density at radius 3 is 1.19 bits per heavy atom. The second-order valence-corrected chi connectivity index (χ2v) is 22.0. The smallest absolute Gasteiger partial charge is 0.249 e. The van der Waals surface area contributed by atoms with Crippen molar-refractivity contribution in [3.63, 3.8) is 0 Å². The fourth-order valence-electron chi connectivity index (χ4n) is 10.0. The highest BCUT2D eigenvalue weighted by atomic mass is 16.7. The second kappa shape index (κ2) is 52.4. The molecule has 0 bridgehead atoms. The van der Waals surface area contributed by atoms with Gasteiger partial charge in [0.1, 0.15) is 30.5 Å². The first-order valence-electron chi connectivity index (χ1n) is 31.3. The fourth-order valence-corrected chi connectivity index (χ4v) is 10.0. The standard InChI is InChI=1S/C63H119NO9/c1-3-5-7-9-11-13-15-17-19-21-22-23-24-25-26-27-28-29-30-31-32-33-34-36-38-40-42-44-46-48-50-52-57(67)62(71)64-55(54-72-63-61(70)60(69)59(68)58(53-65)73-63)56(66)51-49-47-45-43-41-39-37-35-20-18-16-14-12-10-8-6-4-2/h25-26,41,43,49,51,55-61,63,65-70H,3-24,27-40,42,44-48,50,52-54H2,1-2H3,(H,64,71)/b26-25-,43-41+,51-49+. The van der Waals surface area contributed by atoms with Crippen molar-refractivity contribution < 1.29 is 44.9 Å². The van der Waals surface area contributed by atoms with E-state index in [1.807, 2.05) is 6.08 Å². The first kappa shape index (κ1) is 69.4. The molecule has 1 aliphatic heterocycles. The molecule has 1 fully saturated rings. The van der Waals surface area contributed by atoms with E-state index in [2.05, 4.69) is 43.5 Å². The summed E-state index contributed by atoms with van der Waals surface area (Å²) in [6.45, 7) is 3.63. The number of carbonyl (C=O) groups excluding carboxylic acids is 1. The molecule has 1 aliphatic rings. The van der Waals surface area contributed by atoms with Crippen LogP contribution in [0.25, 0.3) is 0 Å². The molecule has 0 aromatic rings. The van der Waals surface area contributed by atoms with Crippen LogP contribution in [0.1, 0.15) is 296 Å². The number of carbonyl (C=O) groups is 1. The molecule has 0 saturated carbocycles. The highest BCUT2D eigenvalue weighted by Gasteiger charge is 2.44. The van der Waals surface area contributed by atoms with E-state index in [9.17, 15) is 35.4 Å². The van der Waals surface area contributed by atoms with Crippen LogP contribution in [-0.2, 0) is 14.3 Å². The summed E-state index contributed by atoms with van der Waals surface area (Å²) < 4.78 is 11.2. The average molecular weight is 1030 g/mol. The Hall–Kier alpha value is -1.63. The average Bonchev–Trinajstić information content (AvgIpc) is 3.39. The minimum atomic E-state index is -1.62. The third-order valence-electron chi connectivity index (χ3n) is 15.0. The summed E-state index contributed by atoms with van der Waals surface area (Å²) in [5, 5.41) is 65.1. The van der Waals surface area contributed by atoms with Crippen molar-refractivity contribution in [3.8, 4) is 0 Å². The predicted molar refractivity (Wildman–Crippen MR) is 306 cm³/mol. The molecule has 8 unspecified atom stereocenters. The molecule has 0 radical (unpaired) electrons. The molecule has 0 aromatic carbocycles. The van der Waals surface area contributed by atoms with E-state index >= 15 is 0 Å². The molecule has 0 aliphatic carbocycles. The molecule has 0 spiro atoms. The van der Waals surface area contributed by atoms with Gasteiger partial charge in [-0.25, -0.2) is 0 Å². The third-order valence-corrected chi connectivity index (χ3v) is 15.0. The number of rotatable bonds is 54.